The molecule has 3 N–H and O–H groups in total. The van der Waals surface area contributed by atoms with Crippen LogP contribution in [0.2, 0.25) is 0 Å². The standard InChI is InChI=1S/C13H16F2N2O3/c1-3-7-13(2,11(18)19)17-12(20)16-10-8(14)5-4-6-9(10)15/h4-6H,3,7H2,1-2H3,(H,18,19)(H2,16,17,20). The molecule has 20 heavy (non-hydrogen) atoms. The fraction of sp³-hybridized carbons (Fsp3) is 0.385. The average molecular weight is 286 g/mol. The van der Waals surface area contributed by atoms with Crippen molar-refractivity contribution < 1.29 is 23.5 Å². The van der Waals surface area contributed by atoms with Crippen LogP contribution in [0.3, 0.4) is 0 Å². The topological polar surface area (TPSA) is 78.4 Å². The summed E-state index contributed by atoms with van der Waals surface area (Å²) in [6.07, 6.45) is 0.715. The largest absolute Gasteiger partial charge is 0.480 e. The molecule has 0 bridgehead atoms. The quantitative estimate of drug-likeness (QED) is 0.778. The third-order valence-electron chi connectivity index (χ3n) is 2.81. The van der Waals surface area contributed by atoms with Crippen molar-refractivity contribution in [1.82, 2.24) is 5.32 Å². The van der Waals surface area contributed by atoms with Gasteiger partial charge in [0.05, 0.1) is 0 Å². The summed E-state index contributed by atoms with van der Waals surface area (Å²) < 4.78 is 26.7. The molecule has 0 saturated carbocycles. The first-order chi connectivity index (χ1) is 9.30. The molecule has 1 aromatic rings. The van der Waals surface area contributed by atoms with Crippen molar-refractivity contribution in [3.63, 3.8) is 0 Å². The fourth-order valence-corrected chi connectivity index (χ4v) is 1.74. The van der Waals surface area contributed by atoms with Gasteiger partial charge in [-0.25, -0.2) is 18.4 Å². The van der Waals surface area contributed by atoms with E-state index in [1.165, 1.54) is 6.92 Å². The number of para-hydroxylation sites is 1. The van der Waals surface area contributed by atoms with Gasteiger partial charge in [-0.05, 0) is 25.5 Å². The summed E-state index contributed by atoms with van der Waals surface area (Å²) in [5.74, 6) is -3.09. The molecule has 0 saturated heterocycles. The monoisotopic (exact) mass is 286 g/mol. The summed E-state index contributed by atoms with van der Waals surface area (Å²) in [4.78, 5) is 22.8. The molecule has 0 aromatic heterocycles. The SMILES string of the molecule is CCCC(C)(NC(=O)Nc1c(F)cccc1F)C(=O)O. The van der Waals surface area contributed by atoms with Gasteiger partial charge in [-0.1, -0.05) is 19.4 Å². The molecule has 1 aromatic carbocycles. The molecule has 1 rings (SSSR count). The lowest BCUT2D eigenvalue weighted by molar-refractivity contribution is -0.143. The maximum Gasteiger partial charge on any atom is 0.329 e. The maximum absolute atomic E-state index is 13.4. The Bertz CT molecular complexity index is 502. The Hall–Kier alpha value is -2.18. The zero-order chi connectivity index (χ0) is 15.3. The third kappa shape index (κ3) is 3.66. The highest BCUT2D eigenvalue weighted by Gasteiger charge is 2.34. The summed E-state index contributed by atoms with van der Waals surface area (Å²) in [6.45, 7) is 3.09. The lowest BCUT2D eigenvalue weighted by atomic mass is 9.97. The van der Waals surface area contributed by atoms with Gasteiger partial charge < -0.3 is 15.7 Å². The highest BCUT2D eigenvalue weighted by Crippen LogP contribution is 2.19. The van der Waals surface area contributed by atoms with E-state index >= 15 is 0 Å². The number of benzene rings is 1. The minimum Gasteiger partial charge on any atom is -0.480 e. The van der Waals surface area contributed by atoms with Crippen LogP contribution in [0.1, 0.15) is 26.7 Å². The summed E-state index contributed by atoms with van der Waals surface area (Å²) >= 11 is 0. The second kappa shape index (κ2) is 6.31. The van der Waals surface area contributed by atoms with E-state index in [-0.39, 0.29) is 6.42 Å². The zero-order valence-electron chi connectivity index (χ0n) is 11.2. The number of nitrogens with one attached hydrogen (secondary N) is 2. The molecule has 2 amide bonds. The van der Waals surface area contributed by atoms with Crippen LogP contribution in [0.5, 0.6) is 0 Å². The molecule has 0 aliphatic rings. The molecule has 5 nitrogen and oxygen atoms in total. The zero-order valence-corrected chi connectivity index (χ0v) is 11.2. The van der Waals surface area contributed by atoms with Crippen LogP contribution in [0, 0.1) is 11.6 Å². The molecule has 1 unspecified atom stereocenters. The molecule has 0 heterocycles. The highest BCUT2D eigenvalue weighted by atomic mass is 19.1. The van der Waals surface area contributed by atoms with Gasteiger partial charge in [-0.3, -0.25) is 0 Å². The van der Waals surface area contributed by atoms with Crippen LogP contribution in [-0.2, 0) is 4.79 Å². The van der Waals surface area contributed by atoms with Gasteiger partial charge in [0.25, 0.3) is 0 Å². The third-order valence-corrected chi connectivity index (χ3v) is 2.81. The van der Waals surface area contributed by atoms with E-state index in [2.05, 4.69) is 5.32 Å². The Kier molecular flexibility index (Phi) is 5.01. The molecular weight excluding hydrogens is 270 g/mol. The Morgan fingerprint density at radius 1 is 1.30 bits per heavy atom. The Balaban J connectivity index is 2.84. The highest BCUT2D eigenvalue weighted by molar-refractivity contribution is 5.93. The Morgan fingerprint density at radius 3 is 2.30 bits per heavy atom. The number of aliphatic carboxylic acids is 1. The molecule has 1 atom stereocenters. The van der Waals surface area contributed by atoms with E-state index in [0.29, 0.717) is 6.42 Å². The van der Waals surface area contributed by atoms with Crippen LogP contribution in [0.15, 0.2) is 18.2 Å². The number of amides is 2. The van der Waals surface area contributed by atoms with Gasteiger partial charge >= 0.3 is 12.0 Å². The molecular formula is C13H16F2N2O3. The van der Waals surface area contributed by atoms with Crippen molar-refractivity contribution in [2.75, 3.05) is 5.32 Å². The lowest BCUT2D eigenvalue weighted by Gasteiger charge is -2.25. The van der Waals surface area contributed by atoms with Gasteiger partial charge in [0, 0.05) is 0 Å². The minimum atomic E-state index is -1.50. The van der Waals surface area contributed by atoms with Crippen LogP contribution >= 0.6 is 0 Å². The average Bonchev–Trinajstić information content (AvgIpc) is 2.34. The molecule has 7 heteroatoms. The number of halogens is 2. The minimum absolute atomic E-state index is 0.190. The summed E-state index contributed by atoms with van der Waals surface area (Å²) in [5.41, 5.74) is -2.12. The number of hydrogen-bond donors (Lipinski definition) is 3. The van der Waals surface area contributed by atoms with Crippen LogP contribution < -0.4 is 10.6 Å². The maximum atomic E-state index is 13.4. The normalized spacial score (nSPS) is 13.4. The van der Waals surface area contributed by atoms with Crippen molar-refractivity contribution in [2.45, 2.75) is 32.2 Å². The number of carbonyl (C=O) groups excluding carboxylic acids is 1. The summed E-state index contributed by atoms with van der Waals surface area (Å²) in [6, 6.07) is 2.15. The summed E-state index contributed by atoms with van der Waals surface area (Å²) in [7, 11) is 0. The Labute approximate surface area is 115 Å². The van der Waals surface area contributed by atoms with Crippen LogP contribution in [-0.4, -0.2) is 22.6 Å². The molecule has 0 spiro atoms. The smallest absolute Gasteiger partial charge is 0.329 e. The van der Waals surface area contributed by atoms with Gasteiger partial charge in [0.15, 0.2) is 0 Å². The number of carbonyl (C=O) groups is 2. The number of carboxylic acids is 1. The van der Waals surface area contributed by atoms with Crippen LogP contribution in [0.25, 0.3) is 0 Å². The molecule has 0 aliphatic heterocycles. The first-order valence-electron chi connectivity index (χ1n) is 6.06. The van der Waals surface area contributed by atoms with Crippen molar-refractivity contribution in [3.05, 3.63) is 29.8 Å². The second-order valence-electron chi connectivity index (χ2n) is 4.56. The van der Waals surface area contributed by atoms with E-state index in [9.17, 15) is 18.4 Å². The van der Waals surface area contributed by atoms with Gasteiger partial charge in [-0.15, -0.1) is 0 Å². The van der Waals surface area contributed by atoms with Crippen molar-refractivity contribution in [3.8, 4) is 0 Å². The summed E-state index contributed by atoms with van der Waals surface area (Å²) in [5, 5.41) is 13.3. The number of carboxylic acid groups (broad SMARTS) is 1. The second-order valence-corrected chi connectivity index (χ2v) is 4.56. The van der Waals surface area contributed by atoms with E-state index in [0.717, 1.165) is 18.2 Å². The number of anilines is 1. The lowest BCUT2D eigenvalue weighted by Crippen LogP contribution is -2.53. The van der Waals surface area contributed by atoms with E-state index in [4.69, 9.17) is 5.11 Å². The number of urea groups is 1. The van der Waals surface area contributed by atoms with Crippen molar-refractivity contribution >= 4 is 17.7 Å². The molecule has 0 aliphatic carbocycles. The Morgan fingerprint density at radius 2 is 1.85 bits per heavy atom. The fourth-order valence-electron chi connectivity index (χ4n) is 1.74. The van der Waals surface area contributed by atoms with Crippen molar-refractivity contribution in [1.29, 1.82) is 0 Å². The van der Waals surface area contributed by atoms with E-state index in [1.54, 1.807) is 6.92 Å². The van der Waals surface area contributed by atoms with Gasteiger partial charge in [0.2, 0.25) is 0 Å². The first-order valence-corrected chi connectivity index (χ1v) is 6.06. The predicted molar refractivity (Wildman–Crippen MR) is 69.5 cm³/mol. The van der Waals surface area contributed by atoms with Gasteiger partial charge in [-0.2, -0.15) is 0 Å². The van der Waals surface area contributed by atoms with E-state index in [1.807, 2.05) is 5.32 Å². The van der Waals surface area contributed by atoms with Gasteiger partial charge in [0.1, 0.15) is 22.9 Å². The number of rotatable bonds is 5. The molecule has 110 valence electrons. The van der Waals surface area contributed by atoms with Crippen LogP contribution in [0.4, 0.5) is 19.3 Å². The molecule has 0 fully saturated rings. The predicted octanol–water partition coefficient (Wildman–Crippen LogP) is 2.73. The number of hydrogen-bond acceptors (Lipinski definition) is 2. The van der Waals surface area contributed by atoms with E-state index < -0.39 is 34.9 Å². The van der Waals surface area contributed by atoms with Crippen molar-refractivity contribution in [2.24, 2.45) is 0 Å². The molecule has 0 radical (unpaired) electrons. The first kappa shape index (κ1) is 15.9.